The molecule has 2 aromatic rings. The number of hydrogen-bond acceptors (Lipinski definition) is 4. The van der Waals surface area contributed by atoms with E-state index in [-0.39, 0.29) is 6.04 Å². The molecule has 2 aromatic carbocycles. The summed E-state index contributed by atoms with van der Waals surface area (Å²) in [5, 5.41) is 4.24. The van der Waals surface area contributed by atoms with Crippen LogP contribution in [0.2, 0.25) is 5.02 Å². The zero-order valence-corrected chi connectivity index (χ0v) is 17.2. The number of nitrogens with zero attached hydrogens (tertiary/aromatic N) is 1. The minimum atomic E-state index is 0.141. The molecule has 5 heteroatoms. The third kappa shape index (κ3) is 4.75. The van der Waals surface area contributed by atoms with E-state index in [0.29, 0.717) is 10.8 Å². The van der Waals surface area contributed by atoms with Gasteiger partial charge < -0.3 is 19.7 Å². The van der Waals surface area contributed by atoms with E-state index >= 15 is 0 Å². The molecule has 0 aliphatic carbocycles. The first kappa shape index (κ1) is 20.0. The maximum absolute atomic E-state index is 6.33. The molecule has 1 heterocycles. The normalized spacial score (nSPS) is 16.3. The highest BCUT2D eigenvalue weighted by Crippen LogP contribution is 2.34. The van der Waals surface area contributed by atoms with E-state index in [2.05, 4.69) is 48.3 Å². The van der Waals surface area contributed by atoms with E-state index in [1.165, 1.54) is 11.1 Å². The summed E-state index contributed by atoms with van der Waals surface area (Å²) in [6, 6.07) is 12.6. The number of nitrogens with one attached hydrogen (secondary N) is 1. The Bertz CT molecular complexity index is 762. The van der Waals surface area contributed by atoms with Crippen LogP contribution in [0.4, 0.5) is 0 Å². The Morgan fingerprint density at radius 1 is 1.15 bits per heavy atom. The van der Waals surface area contributed by atoms with Crippen LogP contribution in [0.3, 0.4) is 0 Å². The Kier molecular flexibility index (Phi) is 7.00. The van der Waals surface area contributed by atoms with Gasteiger partial charge in [-0.2, -0.15) is 0 Å². The molecular weight excluding hydrogens is 360 g/mol. The minimum absolute atomic E-state index is 0.141. The van der Waals surface area contributed by atoms with Gasteiger partial charge in [-0.15, -0.1) is 0 Å². The average molecular weight is 389 g/mol. The quantitative estimate of drug-likeness (QED) is 0.730. The standard InChI is InChI=1S/C22H29ClN2O2/c1-4-25(5-2)12-13-27-18-7-8-19-16(14-18)10-11-24-22(19)17-6-9-21(26-3)20(23)15-17/h6-9,14-15,22,24H,4-5,10-13H2,1-3H3. The molecule has 4 nitrogen and oxygen atoms in total. The molecule has 1 aliphatic heterocycles. The number of benzene rings is 2. The maximum atomic E-state index is 6.33. The molecule has 0 amide bonds. The summed E-state index contributed by atoms with van der Waals surface area (Å²) in [6.45, 7) is 9.09. The Hall–Kier alpha value is -1.75. The van der Waals surface area contributed by atoms with Crippen LogP contribution in [0, 0.1) is 0 Å². The Labute approximate surface area is 167 Å². The second-order valence-electron chi connectivity index (χ2n) is 6.77. The summed E-state index contributed by atoms with van der Waals surface area (Å²) in [5.41, 5.74) is 3.78. The van der Waals surface area contributed by atoms with E-state index in [0.717, 1.165) is 50.5 Å². The molecule has 0 fully saturated rings. The number of rotatable bonds is 8. The third-order valence-electron chi connectivity index (χ3n) is 5.25. The van der Waals surface area contributed by atoms with Crippen LogP contribution >= 0.6 is 11.6 Å². The first-order valence-corrected chi connectivity index (χ1v) is 10.1. The van der Waals surface area contributed by atoms with E-state index in [1.54, 1.807) is 7.11 Å². The van der Waals surface area contributed by atoms with Crippen LogP contribution in [0.15, 0.2) is 36.4 Å². The summed E-state index contributed by atoms with van der Waals surface area (Å²) >= 11 is 6.33. The van der Waals surface area contributed by atoms with Gasteiger partial charge in [0, 0.05) is 13.1 Å². The smallest absolute Gasteiger partial charge is 0.137 e. The number of halogens is 1. The molecular formula is C22H29ClN2O2. The van der Waals surface area contributed by atoms with Crippen molar-refractivity contribution in [3.05, 3.63) is 58.1 Å². The van der Waals surface area contributed by atoms with Crippen molar-refractivity contribution < 1.29 is 9.47 Å². The number of methoxy groups -OCH3 is 1. The zero-order valence-electron chi connectivity index (χ0n) is 16.4. The molecule has 1 N–H and O–H groups in total. The Morgan fingerprint density at radius 3 is 2.67 bits per heavy atom. The lowest BCUT2D eigenvalue weighted by Gasteiger charge is -2.28. The molecule has 0 radical (unpaired) electrons. The second kappa shape index (κ2) is 9.45. The fourth-order valence-corrected chi connectivity index (χ4v) is 3.89. The van der Waals surface area contributed by atoms with Crippen LogP contribution in [-0.2, 0) is 6.42 Å². The molecule has 1 atom stereocenters. The highest BCUT2D eigenvalue weighted by molar-refractivity contribution is 6.32. The van der Waals surface area contributed by atoms with Crippen molar-refractivity contribution in [2.45, 2.75) is 26.3 Å². The number of likely N-dealkylation sites (N-methyl/N-ethyl adjacent to an activating group) is 1. The fourth-order valence-electron chi connectivity index (χ4n) is 3.62. The fraction of sp³-hybridized carbons (Fsp3) is 0.455. The van der Waals surface area contributed by atoms with Gasteiger partial charge in [0.15, 0.2) is 0 Å². The van der Waals surface area contributed by atoms with Crippen LogP contribution in [-0.4, -0.2) is 44.8 Å². The predicted molar refractivity (Wildman–Crippen MR) is 111 cm³/mol. The van der Waals surface area contributed by atoms with Crippen LogP contribution in [0.5, 0.6) is 11.5 Å². The highest BCUT2D eigenvalue weighted by Gasteiger charge is 2.22. The van der Waals surface area contributed by atoms with Crippen molar-refractivity contribution in [2.75, 3.05) is 39.9 Å². The lowest BCUT2D eigenvalue weighted by atomic mass is 9.89. The van der Waals surface area contributed by atoms with Gasteiger partial charge in [-0.05, 0) is 60.5 Å². The summed E-state index contributed by atoms with van der Waals surface area (Å²) < 4.78 is 11.3. The summed E-state index contributed by atoms with van der Waals surface area (Å²) in [4.78, 5) is 2.37. The lowest BCUT2D eigenvalue weighted by Crippen LogP contribution is -2.30. The van der Waals surface area contributed by atoms with Crippen LogP contribution < -0.4 is 14.8 Å². The van der Waals surface area contributed by atoms with Gasteiger partial charge in [0.05, 0.1) is 18.2 Å². The minimum Gasteiger partial charge on any atom is -0.495 e. The first-order valence-electron chi connectivity index (χ1n) is 9.71. The molecule has 0 spiro atoms. The Morgan fingerprint density at radius 2 is 1.96 bits per heavy atom. The topological polar surface area (TPSA) is 33.7 Å². The van der Waals surface area contributed by atoms with Crippen LogP contribution in [0.1, 0.15) is 36.6 Å². The first-order chi connectivity index (χ1) is 13.2. The van der Waals surface area contributed by atoms with Gasteiger partial charge in [-0.1, -0.05) is 37.6 Å². The lowest BCUT2D eigenvalue weighted by molar-refractivity contribution is 0.222. The number of hydrogen-bond donors (Lipinski definition) is 1. The van der Waals surface area contributed by atoms with Gasteiger partial charge in [0.25, 0.3) is 0 Å². The van der Waals surface area contributed by atoms with Gasteiger partial charge in [0.2, 0.25) is 0 Å². The largest absolute Gasteiger partial charge is 0.495 e. The van der Waals surface area contributed by atoms with Gasteiger partial charge in [-0.3, -0.25) is 0 Å². The van der Waals surface area contributed by atoms with Crippen molar-refractivity contribution in [3.63, 3.8) is 0 Å². The molecule has 0 saturated heterocycles. The van der Waals surface area contributed by atoms with Gasteiger partial charge >= 0.3 is 0 Å². The highest BCUT2D eigenvalue weighted by atomic mass is 35.5. The maximum Gasteiger partial charge on any atom is 0.137 e. The predicted octanol–water partition coefficient (Wildman–Crippen LogP) is 4.30. The molecule has 1 unspecified atom stereocenters. The zero-order chi connectivity index (χ0) is 19.2. The molecule has 3 rings (SSSR count). The monoisotopic (exact) mass is 388 g/mol. The second-order valence-corrected chi connectivity index (χ2v) is 7.17. The van der Waals surface area contributed by atoms with Gasteiger partial charge in [0.1, 0.15) is 18.1 Å². The number of ether oxygens (including phenoxy) is 2. The average Bonchev–Trinajstić information content (AvgIpc) is 2.70. The van der Waals surface area contributed by atoms with E-state index in [1.807, 2.05) is 12.1 Å². The molecule has 0 aromatic heterocycles. The summed E-state index contributed by atoms with van der Waals surface area (Å²) in [6.07, 6.45) is 1.00. The van der Waals surface area contributed by atoms with E-state index < -0.39 is 0 Å². The van der Waals surface area contributed by atoms with Crippen molar-refractivity contribution >= 4 is 11.6 Å². The molecule has 27 heavy (non-hydrogen) atoms. The molecule has 146 valence electrons. The molecule has 0 bridgehead atoms. The summed E-state index contributed by atoms with van der Waals surface area (Å²) in [7, 11) is 1.64. The van der Waals surface area contributed by atoms with E-state index in [4.69, 9.17) is 21.1 Å². The van der Waals surface area contributed by atoms with Crippen molar-refractivity contribution in [1.82, 2.24) is 10.2 Å². The van der Waals surface area contributed by atoms with Crippen LogP contribution in [0.25, 0.3) is 0 Å². The third-order valence-corrected chi connectivity index (χ3v) is 5.54. The van der Waals surface area contributed by atoms with Crippen molar-refractivity contribution in [1.29, 1.82) is 0 Å². The molecule has 0 saturated carbocycles. The van der Waals surface area contributed by atoms with Gasteiger partial charge in [-0.25, -0.2) is 0 Å². The summed E-state index contributed by atoms with van der Waals surface area (Å²) in [5.74, 6) is 1.66. The SMILES string of the molecule is CCN(CC)CCOc1ccc2c(c1)CCNC2c1ccc(OC)c(Cl)c1. The van der Waals surface area contributed by atoms with Crippen molar-refractivity contribution in [2.24, 2.45) is 0 Å². The number of fused-ring (bicyclic) bond motifs is 1. The Balaban J connectivity index is 1.74. The van der Waals surface area contributed by atoms with E-state index in [9.17, 15) is 0 Å². The van der Waals surface area contributed by atoms with Crippen molar-refractivity contribution in [3.8, 4) is 11.5 Å². The molecule has 1 aliphatic rings.